The van der Waals surface area contributed by atoms with Crippen molar-refractivity contribution < 1.29 is 18.7 Å². The van der Waals surface area contributed by atoms with Crippen LogP contribution in [0.25, 0.3) is 0 Å². The molecule has 1 amide bonds. The largest absolute Gasteiger partial charge is 0.457 e. The fourth-order valence-electron chi connectivity index (χ4n) is 3.67. The van der Waals surface area contributed by atoms with Gasteiger partial charge in [0.25, 0.3) is 0 Å². The smallest absolute Gasteiger partial charge is 0.338 e. The maximum atomic E-state index is 14.0. The molecular formula is C23H26FN3O3. The Morgan fingerprint density at radius 2 is 2.23 bits per heavy atom. The molecule has 0 saturated carbocycles. The lowest BCUT2D eigenvalue weighted by Crippen LogP contribution is -2.36. The van der Waals surface area contributed by atoms with Gasteiger partial charge >= 0.3 is 5.97 Å². The first-order valence-electron chi connectivity index (χ1n) is 10.3. The first kappa shape index (κ1) is 21.7. The van der Waals surface area contributed by atoms with Crippen LogP contribution in [0.1, 0.15) is 41.3 Å². The van der Waals surface area contributed by atoms with Crippen molar-refractivity contribution in [1.82, 2.24) is 10.2 Å². The minimum absolute atomic E-state index is 0.0829. The number of amides is 1. The van der Waals surface area contributed by atoms with Crippen LogP contribution in [-0.2, 0) is 22.6 Å². The molecule has 0 aromatic heterocycles. The number of fused-ring (bicyclic) bond motifs is 1. The van der Waals surface area contributed by atoms with Crippen molar-refractivity contribution in [2.24, 2.45) is 5.92 Å². The van der Waals surface area contributed by atoms with E-state index in [1.807, 2.05) is 24.3 Å². The van der Waals surface area contributed by atoms with Crippen molar-refractivity contribution in [3.8, 4) is 6.07 Å². The van der Waals surface area contributed by atoms with Crippen molar-refractivity contribution in [2.45, 2.75) is 32.8 Å². The van der Waals surface area contributed by atoms with Crippen molar-refractivity contribution in [2.75, 3.05) is 26.2 Å². The summed E-state index contributed by atoms with van der Waals surface area (Å²) >= 11 is 0. The first-order valence-corrected chi connectivity index (χ1v) is 10.3. The van der Waals surface area contributed by atoms with E-state index in [-0.39, 0.29) is 18.3 Å². The van der Waals surface area contributed by atoms with Gasteiger partial charge in [0.2, 0.25) is 5.91 Å². The van der Waals surface area contributed by atoms with E-state index in [2.05, 4.69) is 17.1 Å². The van der Waals surface area contributed by atoms with Gasteiger partial charge in [0.15, 0.2) is 0 Å². The average Bonchev–Trinajstić information content (AvgIpc) is 3.12. The second kappa shape index (κ2) is 10.2. The molecule has 0 fully saturated rings. The lowest BCUT2D eigenvalue weighted by atomic mass is 9.92. The van der Waals surface area contributed by atoms with E-state index >= 15 is 0 Å². The molecule has 0 saturated heterocycles. The molecule has 158 valence electrons. The van der Waals surface area contributed by atoms with Crippen molar-refractivity contribution >= 4 is 11.9 Å². The van der Waals surface area contributed by atoms with Gasteiger partial charge in [-0.25, -0.2) is 9.18 Å². The lowest BCUT2D eigenvalue weighted by Gasteiger charge is -2.21. The summed E-state index contributed by atoms with van der Waals surface area (Å²) in [6, 6.07) is 7.72. The van der Waals surface area contributed by atoms with Crippen LogP contribution in [0, 0.1) is 17.2 Å². The fraction of sp³-hybridized carbons (Fsp3) is 0.435. The van der Waals surface area contributed by atoms with Crippen LogP contribution in [0.3, 0.4) is 0 Å². The second-order valence-corrected chi connectivity index (χ2v) is 7.54. The quantitative estimate of drug-likeness (QED) is 0.632. The molecule has 1 aromatic rings. The third-order valence-corrected chi connectivity index (χ3v) is 5.53. The van der Waals surface area contributed by atoms with Crippen LogP contribution >= 0.6 is 0 Å². The van der Waals surface area contributed by atoms with Crippen LogP contribution in [0.2, 0.25) is 0 Å². The number of esters is 1. The number of nitrogens with one attached hydrogen (secondary N) is 1. The number of hydrogen-bond acceptors (Lipinski definition) is 5. The van der Waals surface area contributed by atoms with Gasteiger partial charge in [-0.15, -0.1) is 0 Å². The summed E-state index contributed by atoms with van der Waals surface area (Å²) < 4.78 is 19.0. The maximum absolute atomic E-state index is 14.0. The highest BCUT2D eigenvalue weighted by atomic mass is 19.1. The zero-order valence-corrected chi connectivity index (χ0v) is 17.1. The number of cyclic esters (lactones) is 1. The minimum atomic E-state index is -0.486. The Morgan fingerprint density at radius 1 is 1.40 bits per heavy atom. The number of nitriles is 1. The van der Waals surface area contributed by atoms with E-state index in [0.29, 0.717) is 37.3 Å². The summed E-state index contributed by atoms with van der Waals surface area (Å²) in [6.07, 6.45) is 4.17. The van der Waals surface area contributed by atoms with Gasteiger partial charge in [0, 0.05) is 37.5 Å². The predicted octanol–water partition coefficient (Wildman–Crippen LogP) is 3.05. The van der Waals surface area contributed by atoms with E-state index < -0.39 is 11.7 Å². The number of nitrogens with zero attached hydrogens (tertiary/aromatic N) is 2. The summed E-state index contributed by atoms with van der Waals surface area (Å²) in [5.74, 6) is -1.33. The molecule has 1 aliphatic heterocycles. The molecule has 6 nitrogen and oxygen atoms in total. The molecule has 1 unspecified atom stereocenters. The topological polar surface area (TPSA) is 82.4 Å². The van der Waals surface area contributed by atoms with Gasteiger partial charge in [-0.1, -0.05) is 25.1 Å². The molecule has 0 bridgehead atoms. The molecule has 1 heterocycles. The van der Waals surface area contributed by atoms with Crippen molar-refractivity contribution in [3.05, 3.63) is 58.4 Å². The number of hydrogen-bond donors (Lipinski definition) is 1. The molecule has 7 heteroatoms. The standard InChI is InChI=1S/C23H26FN3O3/c1-2-27(9-7-16-4-6-20-19(11-16)15-30-23(20)29)10-8-26-22(28)13-18-5-3-17(14-25)12-21(18)24/h3-4,6,11-12,18H,2,5,7-10,13,15H2,1H3,(H,26,28). The molecule has 1 N–H and O–H groups in total. The van der Waals surface area contributed by atoms with Crippen LogP contribution in [0.4, 0.5) is 4.39 Å². The number of rotatable bonds is 9. The van der Waals surface area contributed by atoms with Gasteiger partial charge in [0.1, 0.15) is 12.4 Å². The number of ether oxygens (including phenoxy) is 1. The summed E-state index contributed by atoms with van der Waals surface area (Å²) in [5, 5.41) is 11.7. The van der Waals surface area contributed by atoms with E-state index in [4.69, 9.17) is 10.00 Å². The van der Waals surface area contributed by atoms with Gasteiger partial charge in [0.05, 0.1) is 17.2 Å². The summed E-state index contributed by atoms with van der Waals surface area (Å²) in [7, 11) is 0. The molecule has 3 rings (SSSR count). The Balaban J connectivity index is 1.39. The Hall–Kier alpha value is -2.98. The van der Waals surface area contributed by atoms with Crippen LogP contribution < -0.4 is 5.32 Å². The predicted molar refractivity (Wildman–Crippen MR) is 110 cm³/mol. The summed E-state index contributed by atoms with van der Waals surface area (Å²) in [5.41, 5.74) is 3.05. The number of allylic oxidation sites excluding steroid dienone is 4. The van der Waals surface area contributed by atoms with E-state index in [1.54, 1.807) is 6.08 Å². The zero-order valence-electron chi connectivity index (χ0n) is 17.1. The molecule has 1 aromatic carbocycles. The van der Waals surface area contributed by atoms with Crippen molar-refractivity contribution in [1.29, 1.82) is 5.26 Å². The molecule has 30 heavy (non-hydrogen) atoms. The summed E-state index contributed by atoms with van der Waals surface area (Å²) in [4.78, 5) is 25.9. The number of likely N-dealkylation sites (N-methyl/N-ethyl adjacent to an activating group) is 1. The monoisotopic (exact) mass is 411 g/mol. The number of carbonyl (C=O) groups excluding carboxylic acids is 2. The highest BCUT2D eigenvalue weighted by Gasteiger charge is 2.22. The highest BCUT2D eigenvalue weighted by Crippen LogP contribution is 2.27. The van der Waals surface area contributed by atoms with E-state index in [9.17, 15) is 14.0 Å². The normalized spacial score (nSPS) is 17.7. The van der Waals surface area contributed by atoms with Crippen LogP contribution in [-0.4, -0.2) is 43.0 Å². The third-order valence-electron chi connectivity index (χ3n) is 5.53. The maximum Gasteiger partial charge on any atom is 0.338 e. The molecule has 0 spiro atoms. The third kappa shape index (κ3) is 5.55. The highest BCUT2D eigenvalue weighted by molar-refractivity contribution is 5.93. The second-order valence-electron chi connectivity index (χ2n) is 7.54. The Kier molecular flexibility index (Phi) is 7.36. The molecular weight excluding hydrogens is 385 g/mol. The zero-order chi connectivity index (χ0) is 21.5. The molecule has 0 radical (unpaired) electrons. The van der Waals surface area contributed by atoms with Crippen molar-refractivity contribution in [3.63, 3.8) is 0 Å². The number of halogens is 1. The summed E-state index contributed by atoms with van der Waals surface area (Å²) in [6.45, 7) is 5.30. The Labute approximate surface area is 176 Å². The van der Waals surface area contributed by atoms with Crippen LogP contribution in [0.15, 0.2) is 41.8 Å². The average molecular weight is 411 g/mol. The SMILES string of the molecule is CCN(CCNC(=O)CC1CC=C(C#N)C=C1F)CCc1ccc2c(c1)COC2=O. The lowest BCUT2D eigenvalue weighted by molar-refractivity contribution is -0.121. The molecule has 1 atom stereocenters. The Morgan fingerprint density at radius 3 is 2.97 bits per heavy atom. The first-order chi connectivity index (χ1) is 14.5. The molecule has 1 aliphatic carbocycles. The van der Waals surface area contributed by atoms with Gasteiger partial charge in [-0.05, 0) is 37.1 Å². The van der Waals surface area contributed by atoms with E-state index in [0.717, 1.165) is 30.6 Å². The fourth-order valence-corrected chi connectivity index (χ4v) is 3.67. The Bertz CT molecular complexity index is 917. The van der Waals surface area contributed by atoms with Gasteiger partial charge in [-0.2, -0.15) is 5.26 Å². The minimum Gasteiger partial charge on any atom is -0.457 e. The van der Waals surface area contributed by atoms with Gasteiger partial charge < -0.3 is 15.0 Å². The van der Waals surface area contributed by atoms with Gasteiger partial charge in [-0.3, -0.25) is 4.79 Å². The van der Waals surface area contributed by atoms with E-state index in [1.165, 1.54) is 6.08 Å². The number of benzene rings is 1. The van der Waals surface area contributed by atoms with Crippen LogP contribution in [0.5, 0.6) is 0 Å². The number of carbonyl (C=O) groups is 2. The molecule has 2 aliphatic rings.